The van der Waals surface area contributed by atoms with E-state index in [0.717, 1.165) is 10.5 Å². The predicted octanol–water partition coefficient (Wildman–Crippen LogP) is 4.70. The van der Waals surface area contributed by atoms with Gasteiger partial charge in [0.1, 0.15) is 24.4 Å². The van der Waals surface area contributed by atoms with E-state index in [-0.39, 0.29) is 12.5 Å². The second kappa shape index (κ2) is 10.4. The van der Waals surface area contributed by atoms with Crippen LogP contribution in [0.1, 0.15) is 31.4 Å². The van der Waals surface area contributed by atoms with Crippen molar-refractivity contribution in [3.63, 3.8) is 0 Å². The predicted molar refractivity (Wildman–Crippen MR) is 134 cm³/mol. The molecule has 0 saturated carbocycles. The van der Waals surface area contributed by atoms with E-state index in [9.17, 15) is 14.4 Å². The largest absolute Gasteiger partial charge is 0.489 e. The molecule has 1 unspecified atom stereocenters. The lowest BCUT2D eigenvalue weighted by atomic mass is 9.82. The fraction of sp³-hybridized carbons (Fsp3) is 0.250. The zero-order valence-electron chi connectivity index (χ0n) is 19.9. The minimum absolute atomic E-state index is 0.149. The Morgan fingerprint density at radius 2 is 1.57 bits per heavy atom. The molecular weight excluding hydrogens is 442 g/mol. The molecule has 35 heavy (non-hydrogen) atoms. The van der Waals surface area contributed by atoms with Gasteiger partial charge in [-0.1, -0.05) is 74.5 Å². The fourth-order valence-corrected chi connectivity index (χ4v) is 4.28. The molecule has 7 heteroatoms. The second-order valence-corrected chi connectivity index (χ2v) is 9.04. The minimum Gasteiger partial charge on any atom is -0.489 e. The Bertz CT molecular complexity index is 1180. The van der Waals surface area contributed by atoms with Gasteiger partial charge in [0.05, 0.1) is 0 Å². The minimum atomic E-state index is -1.18. The number of amides is 4. The molecule has 2 N–H and O–H groups in total. The molecule has 180 valence electrons. The van der Waals surface area contributed by atoms with Gasteiger partial charge >= 0.3 is 6.03 Å². The molecule has 0 radical (unpaired) electrons. The van der Waals surface area contributed by atoms with Crippen LogP contribution in [0.25, 0.3) is 0 Å². The molecule has 4 amide bonds. The Morgan fingerprint density at radius 3 is 2.20 bits per heavy atom. The summed E-state index contributed by atoms with van der Waals surface area (Å²) in [5, 5.41) is 5.61. The number of anilines is 1. The van der Waals surface area contributed by atoms with Crippen molar-refractivity contribution in [3.05, 3.63) is 96.1 Å². The first-order valence-electron chi connectivity index (χ1n) is 11.6. The molecule has 7 nitrogen and oxygen atoms in total. The number of nitrogens with one attached hydrogen (secondary N) is 2. The van der Waals surface area contributed by atoms with Crippen molar-refractivity contribution < 1.29 is 19.1 Å². The maximum atomic E-state index is 13.4. The van der Waals surface area contributed by atoms with Crippen LogP contribution in [0, 0.1) is 5.92 Å². The highest BCUT2D eigenvalue weighted by Crippen LogP contribution is 2.35. The van der Waals surface area contributed by atoms with E-state index >= 15 is 0 Å². The summed E-state index contributed by atoms with van der Waals surface area (Å²) in [6, 6.07) is 25.4. The normalized spacial score (nSPS) is 17.4. The number of urea groups is 1. The van der Waals surface area contributed by atoms with Crippen molar-refractivity contribution in [1.29, 1.82) is 0 Å². The van der Waals surface area contributed by atoms with Gasteiger partial charge in [0.25, 0.3) is 5.91 Å². The monoisotopic (exact) mass is 471 g/mol. The summed E-state index contributed by atoms with van der Waals surface area (Å²) in [6.45, 7) is 4.06. The highest BCUT2D eigenvalue weighted by molar-refractivity contribution is 6.10. The number of ether oxygens (including phenoxy) is 1. The molecule has 0 aromatic heterocycles. The quantitative estimate of drug-likeness (QED) is 0.443. The van der Waals surface area contributed by atoms with Crippen molar-refractivity contribution >= 4 is 23.5 Å². The number of imide groups is 1. The Balaban J connectivity index is 1.39. The first-order valence-corrected chi connectivity index (χ1v) is 11.6. The Kier molecular flexibility index (Phi) is 7.15. The van der Waals surface area contributed by atoms with Crippen LogP contribution >= 0.6 is 0 Å². The number of benzene rings is 3. The lowest BCUT2D eigenvalue weighted by Gasteiger charge is -2.29. The lowest BCUT2D eigenvalue weighted by molar-refractivity contribution is -0.134. The molecule has 1 aliphatic rings. The van der Waals surface area contributed by atoms with Crippen LogP contribution in [-0.4, -0.2) is 29.3 Å². The average molecular weight is 472 g/mol. The molecule has 3 aromatic carbocycles. The lowest BCUT2D eigenvalue weighted by Crippen LogP contribution is -2.45. The van der Waals surface area contributed by atoms with E-state index in [4.69, 9.17) is 4.74 Å². The first kappa shape index (κ1) is 24.0. The van der Waals surface area contributed by atoms with Crippen molar-refractivity contribution in [2.24, 2.45) is 5.92 Å². The smallest absolute Gasteiger partial charge is 0.325 e. The molecular formula is C28H29N3O4. The molecule has 0 aliphatic carbocycles. The standard InChI is InChI=1S/C28H29N3O4/c1-20(2)17-28(22-11-7-4-8-12-22)26(33)31(27(34)30-28)18-25(32)29-23-13-15-24(16-14-23)35-19-21-9-5-3-6-10-21/h3-16,20H,17-19H2,1-2H3,(H,29,32)(H,30,34). The van der Waals surface area contributed by atoms with Crippen molar-refractivity contribution in [1.82, 2.24) is 10.2 Å². The molecule has 1 aliphatic heterocycles. The SMILES string of the molecule is CC(C)CC1(c2ccccc2)NC(=O)N(CC(=O)Nc2ccc(OCc3ccccc3)cc2)C1=O. The van der Waals surface area contributed by atoms with E-state index in [1.807, 2.05) is 74.5 Å². The van der Waals surface area contributed by atoms with Crippen LogP contribution in [0.3, 0.4) is 0 Å². The van der Waals surface area contributed by atoms with Crippen LogP contribution in [0.2, 0.25) is 0 Å². The van der Waals surface area contributed by atoms with E-state index in [1.165, 1.54) is 0 Å². The third-order valence-corrected chi connectivity index (χ3v) is 5.84. The third-order valence-electron chi connectivity index (χ3n) is 5.84. The van der Waals surface area contributed by atoms with Crippen molar-refractivity contribution in [2.45, 2.75) is 32.4 Å². The van der Waals surface area contributed by atoms with Gasteiger partial charge in [0.2, 0.25) is 5.91 Å². The average Bonchev–Trinajstić information content (AvgIpc) is 3.09. The Morgan fingerprint density at radius 1 is 0.943 bits per heavy atom. The maximum absolute atomic E-state index is 13.4. The first-order chi connectivity index (χ1) is 16.9. The molecule has 0 spiro atoms. The number of hydrogen-bond donors (Lipinski definition) is 2. The number of carbonyl (C=O) groups excluding carboxylic acids is 3. The summed E-state index contributed by atoms with van der Waals surface area (Å²) in [5.41, 5.74) is 1.14. The van der Waals surface area contributed by atoms with Crippen LogP contribution in [-0.2, 0) is 21.7 Å². The number of rotatable bonds is 9. The van der Waals surface area contributed by atoms with Crippen LogP contribution < -0.4 is 15.4 Å². The van der Waals surface area contributed by atoms with Gasteiger partial charge < -0.3 is 15.4 Å². The van der Waals surface area contributed by atoms with Gasteiger partial charge in [0, 0.05) is 5.69 Å². The fourth-order valence-electron chi connectivity index (χ4n) is 4.28. The van der Waals surface area contributed by atoms with Gasteiger partial charge in [-0.2, -0.15) is 0 Å². The van der Waals surface area contributed by atoms with Gasteiger partial charge in [-0.25, -0.2) is 4.79 Å². The summed E-state index contributed by atoms with van der Waals surface area (Å²) in [4.78, 5) is 39.9. The van der Waals surface area contributed by atoms with Crippen LogP contribution in [0.4, 0.5) is 10.5 Å². The summed E-state index contributed by atoms with van der Waals surface area (Å²) >= 11 is 0. The number of hydrogen-bond acceptors (Lipinski definition) is 4. The second-order valence-electron chi connectivity index (χ2n) is 9.04. The summed E-state index contributed by atoms with van der Waals surface area (Å²) in [5.74, 6) is -0.0554. The molecule has 0 bridgehead atoms. The van der Waals surface area contributed by atoms with Gasteiger partial charge in [-0.05, 0) is 47.7 Å². The summed E-state index contributed by atoms with van der Waals surface area (Å²) < 4.78 is 5.77. The van der Waals surface area contributed by atoms with Gasteiger partial charge in [-0.3, -0.25) is 14.5 Å². The molecule has 1 saturated heterocycles. The molecule has 1 fully saturated rings. The van der Waals surface area contributed by atoms with E-state index in [1.54, 1.807) is 24.3 Å². The number of nitrogens with zero attached hydrogens (tertiary/aromatic N) is 1. The molecule has 1 heterocycles. The topological polar surface area (TPSA) is 87.7 Å². The highest BCUT2D eigenvalue weighted by atomic mass is 16.5. The number of carbonyl (C=O) groups is 3. The summed E-state index contributed by atoms with van der Waals surface area (Å²) in [6.07, 6.45) is 0.435. The van der Waals surface area contributed by atoms with Gasteiger partial charge in [-0.15, -0.1) is 0 Å². The highest BCUT2D eigenvalue weighted by Gasteiger charge is 2.52. The van der Waals surface area contributed by atoms with Crippen LogP contribution in [0.5, 0.6) is 5.75 Å². The zero-order chi connectivity index (χ0) is 24.8. The van der Waals surface area contributed by atoms with E-state index in [0.29, 0.717) is 30.0 Å². The third kappa shape index (κ3) is 5.51. The molecule has 1 atom stereocenters. The molecule has 3 aromatic rings. The van der Waals surface area contributed by atoms with Crippen molar-refractivity contribution in [3.8, 4) is 5.75 Å². The maximum Gasteiger partial charge on any atom is 0.325 e. The van der Waals surface area contributed by atoms with E-state index in [2.05, 4.69) is 10.6 Å². The van der Waals surface area contributed by atoms with Crippen LogP contribution in [0.15, 0.2) is 84.9 Å². The summed E-state index contributed by atoms with van der Waals surface area (Å²) in [7, 11) is 0. The van der Waals surface area contributed by atoms with E-state index < -0.39 is 23.4 Å². The zero-order valence-corrected chi connectivity index (χ0v) is 19.9. The molecule has 4 rings (SSSR count). The van der Waals surface area contributed by atoms with Crippen molar-refractivity contribution in [2.75, 3.05) is 11.9 Å². The Labute approximate surface area is 205 Å². The van der Waals surface area contributed by atoms with Gasteiger partial charge in [0.15, 0.2) is 0 Å². The Hall–Kier alpha value is -4.13.